The van der Waals surface area contributed by atoms with E-state index in [1.54, 1.807) is 11.1 Å². The van der Waals surface area contributed by atoms with Crippen LogP contribution in [0.4, 0.5) is 0 Å². The maximum Gasteiger partial charge on any atom is 0.236 e. The van der Waals surface area contributed by atoms with Gasteiger partial charge >= 0.3 is 0 Å². The van der Waals surface area contributed by atoms with Crippen LogP contribution >= 0.6 is 0 Å². The third kappa shape index (κ3) is 4.54. The molecule has 3 N–H and O–H groups in total. The summed E-state index contributed by atoms with van der Waals surface area (Å²) in [5.74, 6) is -0.211. The standard InChI is InChI=1S/C18H28N4O2/c1-12(2)16(17-13(3)6-4-8-20-17)21-10-15(23)22-9-5-7-14(11-22)18(19)24/h4,6,8,12,14,16,21H,5,7,9-11H2,1-3H3,(H2,19,24)/t14-,16+/m0/s1. The van der Waals surface area contributed by atoms with Crippen molar-refractivity contribution in [1.82, 2.24) is 15.2 Å². The molecule has 0 unspecified atom stereocenters. The van der Waals surface area contributed by atoms with Gasteiger partial charge in [-0.2, -0.15) is 0 Å². The number of primary amides is 1. The number of hydrogen-bond donors (Lipinski definition) is 2. The Morgan fingerprint density at radius 3 is 2.83 bits per heavy atom. The van der Waals surface area contributed by atoms with Gasteiger partial charge in [-0.15, -0.1) is 0 Å². The Balaban J connectivity index is 1.98. The van der Waals surface area contributed by atoms with E-state index >= 15 is 0 Å². The second-order valence-electron chi connectivity index (χ2n) is 6.89. The highest BCUT2D eigenvalue weighted by molar-refractivity contribution is 5.81. The Morgan fingerprint density at radius 1 is 1.46 bits per heavy atom. The quantitative estimate of drug-likeness (QED) is 0.824. The van der Waals surface area contributed by atoms with Crippen molar-refractivity contribution in [3.63, 3.8) is 0 Å². The van der Waals surface area contributed by atoms with Gasteiger partial charge in [0.1, 0.15) is 0 Å². The Kier molecular flexibility index (Phi) is 6.31. The van der Waals surface area contributed by atoms with Crippen molar-refractivity contribution in [3.05, 3.63) is 29.6 Å². The van der Waals surface area contributed by atoms with Crippen molar-refractivity contribution < 1.29 is 9.59 Å². The van der Waals surface area contributed by atoms with Gasteiger partial charge < -0.3 is 10.6 Å². The molecule has 24 heavy (non-hydrogen) atoms. The van der Waals surface area contributed by atoms with Crippen LogP contribution in [-0.4, -0.2) is 41.3 Å². The number of rotatable bonds is 6. The summed E-state index contributed by atoms with van der Waals surface area (Å²) in [5, 5.41) is 3.35. The van der Waals surface area contributed by atoms with Gasteiger partial charge in [-0.3, -0.25) is 19.9 Å². The van der Waals surface area contributed by atoms with Gasteiger partial charge in [0.25, 0.3) is 0 Å². The monoisotopic (exact) mass is 332 g/mol. The summed E-state index contributed by atoms with van der Waals surface area (Å²) in [6.07, 6.45) is 3.38. The van der Waals surface area contributed by atoms with Crippen molar-refractivity contribution in [2.45, 2.75) is 39.7 Å². The molecule has 0 aliphatic carbocycles. The van der Waals surface area contributed by atoms with E-state index in [9.17, 15) is 9.59 Å². The number of carbonyl (C=O) groups excluding carboxylic acids is 2. The summed E-state index contributed by atoms with van der Waals surface area (Å²) in [7, 11) is 0. The van der Waals surface area contributed by atoms with Crippen LogP contribution in [0.2, 0.25) is 0 Å². The van der Waals surface area contributed by atoms with Crippen molar-refractivity contribution in [2.75, 3.05) is 19.6 Å². The van der Waals surface area contributed by atoms with E-state index in [1.807, 2.05) is 19.1 Å². The minimum Gasteiger partial charge on any atom is -0.369 e. The highest BCUT2D eigenvalue weighted by Crippen LogP contribution is 2.22. The molecule has 0 bridgehead atoms. The van der Waals surface area contributed by atoms with Crippen LogP contribution in [0.25, 0.3) is 0 Å². The predicted octanol–water partition coefficient (Wildman–Crippen LogP) is 1.40. The highest BCUT2D eigenvalue weighted by atomic mass is 16.2. The molecule has 1 aliphatic heterocycles. The number of pyridine rings is 1. The third-order valence-electron chi connectivity index (χ3n) is 4.66. The third-order valence-corrected chi connectivity index (χ3v) is 4.66. The van der Waals surface area contributed by atoms with Crippen LogP contribution in [0, 0.1) is 18.8 Å². The van der Waals surface area contributed by atoms with Gasteiger partial charge in [-0.05, 0) is 37.3 Å². The second kappa shape index (κ2) is 8.24. The number of aromatic nitrogens is 1. The molecule has 132 valence electrons. The van der Waals surface area contributed by atoms with E-state index in [0.717, 1.165) is 24.1 Å². The first-order chi connectivity index (χ1) is 11.4. The summed E-state index contributed by atoms with van der Waals surface area (Å²) in [6, 6.07) is 3.97. The Labute approximate surface area is 143 Å². The largest absolute Gasteiger partial charge is 0.369 e. The molecule has 1 aromatic rings. The molecular weight excluding hydrogens is 304 g/mol. The average Bonchev–Trinajstić information content (AvgIpc) is 2.56. The van der Waals surface area contributed by atoms with E-state index in [0.29, 0.717) is 19.0 Å². The van der Waals surface area contributed by atoms with Crippen LogP contribution in [0.15, 0.2) is 18.3 Å². The van der Waals surface area contributed by atoms with Gasteiger partial charge in [-0.25, -0.2) is 0 Å². The lowest BCUT2D eigenvalue weighted by Gasteiger charge is -2.32. The summed E-state index contributed by atoms with van der Waals surface area (Å²) in [6.45, 7) is 7.62. The predicted molar refractivity (Wildman–Crippen MR) is 93.1 cm³/mol. The topological polar surface area (TPSA) is 88.3 Å². The lowest BCUT2D eigenvalue weighted by atomic mass is 9.96. The summed E-state index contributed by atoms with van der Waals surface area (Å²) in [5.41, 5.74) is 7.48. The maximum absolute atomic E-state index is 12.5. The SMILES string of the molecule is Cc1cccnc1[C@H](NCC(=O)N1CCC[C@H](C(N)=O)C1)C(C)C. The first kappa shape index (κ1) is 18.4. The molecule has 2 amide bonds. The van der Waals surface area contributed by atoms with E-state index < -0.39 is 0 Å². The number of hydrogen-bond acceptors (Lipinski definition) is 4. The molecule has 6 nitrogen and oxygen atoms in total. The van der Waals surface area contributed by atoms with Gasteiger partial charge in [0.2, 0.25) is 11.8 Å². The number of aryl methyl sites for hydroxylation is 1. The number of piperidine rings is 1. The lowest BCUT2D eigenvalue weighted by molar-refractivity contribution is -0.134. The fourth-order valence-corrected chi connectivity index (χ4v) is 3.22. The Bertz CT molecular complexity index is 588. The number of amides is 2. The zero-order valence-corrected chi connectivity index (χ0v) is 14.8. The van der Waals surface area contributed by atoms with Crippen LogP contribution in [0.5, 0.6) is 0 Å². The van der Waals surface area contributed by atoms with Gasteiger partial charge in [-0.1, -0.05) is 19.9 Å². The van der Waals surface area contributed by atoms with Crippen LogP contribution in [-0.2, 0) is 9.59 Å². The number of nitrogens with one attached hydrogen (secondary N) is 1. The van der Waals surface area contributed by atoms with Crippen molar-refractivity contribution >= 4 is 11.8 Å². The molecule has 2 heterocycles. The van der Waals surface area contributed by atoms with Crippen LogP contribution < -0.4 is 11.1 Å². The molecular formula is C18H28N4O2. The number of nitrogens with two attached hydrogens (primary N) is 1. The number of nitrogens with zero attached hydrogens (tertiary/aromatic N) is 2. The minimum atomic E-state index is -0.315. The number of likely N-dealkylation sites (tertiary alicyclic amines) is 1. The summed E-state index contributed by atoms with van der Waals surface area (Å²) >= 11 is 0. The smallest absolute Gasteiger partial charge is 0.236 e. The highest BCUT2D eigenvalue weighted by Gasteiger charge is 2.27. The lowest BCUT2D eigenvalue weighted by Crippen LogP contribution is -2.47. The van der Waals surface area contributed by atoms with Gasteiger partial charge in [0.15, 0.2) is 0 Å². The minimum absolute atomic E-state index is 0.0141. The fraction of sp³-hybridized carbons (Fsp3) is 0.611. The van der Waals surface area contributed by atoms with Crippen molar-refractivity contribution in [2.24, 2.45) is 17.6 Å². The zero-order valence-electron chi connectivity index (χ0n) is 14.8. The van der Waals surface area contributed by atoms with E-state index in [4.69, 9.17) is 5.73 Å². The van der Waals surface area contributed by atoms with E-state index in [-0.39, 0.29) is 30.3 Å². The molecule has 1 saturated heterocycles. The maximum atomic E-state index is 12.5. The van der Waals surface area contributed by atoms with Crippen molar-refractivity contribution in [1.29, 1.82) is 0 Å². The molecule has 1 aliphatic rings. The van der Waals surface area contributed by atoms with Crippen molar-refractivity contribution in [3.8, 4) is 0 Å². The van der Waals surface area contributed by atoms with E-state index in [1.165, 1.54) is 0 Å². The van der Waals surface area contributed by atoms with Crippen LogP contribution in [0.3, 0.4) is 0 Å². The molecule has 0 aromatic carbocycles. The zero-order chi connectivity index (χ0) is 17.7. The number of carbonyl (C=O) groups is 2. The first-order valence-electron chi connectivity index (χ1n) is 8.62. The normalized spacial score (nSPS) is 19.3. The molecule has 2 rings (SSSR count). The average molecular weight is 332 g/mol. The first-order valence-corrected chi connectivity index (χ1v) is 8.62. The molecule has 0 saturated carbocycles. The Hall–Kier alpha value is -1.95. The molecule has 0 radical (unpaired) electrons. The molecule has 1 aromatic heterocycles. The van der Waals surface area contributed by atoms with E-state index in [2.05, 4.69) is 24.1 Å². The summed E-state index contributed by atoms with van der Waals surface area (Å²) < 4.78 is 0. The Morgan fingerprint density at radius 2 is 2.21 bits per heavy atom. The molecule has 2 atom stereocenters. The van der Waals surface area contributed by atoms with Gasteiger partial charge in [0.05, 0.1) is 24.2 Å². The fourth-order valence-electron chi connectivity index (χ4n) is 3.22. The molecule has 6 heteroatoms. The molecule has 0 spiro atoms. The van der Waals surface area contributed by atoms with Crippen LogP contribution in [0.1, 0.15) is 44.0 Å². The summed E-state index contributed by atoms with van der Waals surface area (Å²) in [4.78, 5) is 30.1. The van der Waals surface area contributed by atoms with Gasteiger partial charge in [0, 0.05) is 19.3 Å². The second-order valence-corrected chi connectivity index (χ2v) is 6.89. The molecule has 1 fully saturated rings.